The number of hydrogen-bond acceptors (Lipinski definition) is 4. The lowest BCUT2D eigenvalue weighted by Gasteiger charge is -2.21. The van der Waals surface area contributed by atoms with Crippen molar-refractivity contribution < 1.29 is 4.79 Å². The van der Waals surface area contributed by atoms with Crippen molar-refractivity contribution in [3.63, 3.8) is 0 Å². The van der Waals surface area contributed by atoms with Crippen LogP contribution in [0, 0.1) is 5.92 Å². The van der Waals surface area contributed by atoms with E-state index in [1.54, 1.807) is 11.0 Å². The van der Waals surface area contributed by atoms with Crippen molar-refractivity contribution in [2.75, 3.05) is 13.1 Å². The van der Waals surface area contributed by atoms with Gasteiger partial charge in [0.2, 0.25) is 5.91 Å². The molecule has 1 aromatic heterocycles. The van der Waals surface area contributed by atoms with Crippen LogP contribution in [0.15, 0.2) is 36.9 Å². The molecule has 1 unspecified atom stereocenters. The van der Waals surface area contributed by atoms with Crippen LogP contribution < -0.4 is 10.6 Å². The van der Waals surface area contributed by atoms with E-state index in [0.29, 0.717) is 6.54 Å². The van der Waals surface area contributed by atoms with Crippen molar-refractivity contribution in [2.45, 2.75) is 19.4 Å². The van der Waals surface area contributed by atoms with E-state index in [4.69, 9.17) is 0 Å². The number of benzene rings is 1. The van der Waals surface area contributed by atoms with Crippen LogP contribution in [0.4, 0.5) is 0 Å². The highest BCUT2D eigenvalue weighted by Crippen LogP contribution is 2.11. The molecule has 0 bridgehead atoms. The van der Waals surface area contributed by atoms with Gasteiger partial charge in [-0.15, -0.1) is 24.8 Å². The van der Waals surface area contributed by atoms with Crippen LogP contribution >= 0.6 is 24.8 Å². The van der Waals surface area contributed by atoms with E-state index in [1.807, 2.05) is 24.3 Å². The van der Waals surface area contributed by atoms with Gasteiger partial charge in [-0.1, -0.05) is 12.1 Å². The molecule has 0 aliphatic carbocycles. The van der Waals surface area contributed by atoms with E-state index < -0.39 is 0 Å². The molecule has 1 aliphatic heterocycles. The maximum Gasteiger partial charge on any atom is 0.224 e. The average Bonchev–Trinajstić information content (AvgIpc) is 3.08. The second-order valence-electron chi connectivity index (χ2n) is 5.27. The molecule has 8 heteroatoms. The zero-order valence-corrected chi connectivity index (χ0v) is 14.3. The second-order valence-corrected chi connectivity index (χ2v) is 5.27. The molecule has 0 saturated carbocycles. The molecule has 2 N–H and O–H groups in total. The first-order chi connectivity index (χ1) is 10.3. The summed E-state index contributed by atoms with van der Waals surface area (Å²) in [5, 5.41) is 10.4. The number of hydrogen-bond donors (Lipinski definition) is 2. The molecule has 6 nitrogen and oxygen atoms in total. The summed E-state index contributed by atoms with van der Waals surface area (Å²) in [6, 6.07) is 7.93. The summed E-state index contributed by atoms with van der Waals surface area (Å²) in [6.07, 6.45) is 5.22. The Bertz CT molecular complexity index is 582. The van der Waals surface area contributed by atoms with Gasteiger partial charge in [0.1, 0.15) is 12.7 Å². The standard InChI is InChI=1S/C15H19N5O.2ClH/c21-15(13-2-1-7-16-9-13)18-8-12-3-5-14(6-4-12)20-11-17-10-19-20;;/h3-6,10-11,13,16H,1-2,7-9H2,(H,18,21);2*1H. The monoisotopic (exact) mass is 357 g/mol. The van der Waals surface area contributed by atoms with E-state index >= 15 is 0 Å². The molecule has 1 aromatic carbocycles. The molecule has 1 atom stereocenters. The van der Waals surface area contributed by atoms with Gasteiger partial charge < -0.3 is 10.6 Å². The fourth-order valence-electron chi connectivity index (χ4n) is 2.52. The quantitative estimate of drug-likeness (QED) is 0.873. The highest BCUT2D eigenvalue weighted by Gasteiger charge is 2.20. The van der Waals surface area contributed by atoms with E-state index in [9.17, 15) is 4.79 Å². The van der Waals surface area contributed by atoms with Gasteiger partial charge in [0, 0.05) is 13.1 Å². The van der Waals surface area contributed by atoms with Crippen LogP contribution in [0.25, 0.3) is 5.69 Å². The Morgan fingerprint density at radius 3 is 2.70 bits per heavy atom. The van der Waals surface area contributed by atoms with Crippen molar-refractivity contribution in [3.05, 3.63) is 42.5 Å². The van der Waals surface area contributed by atoms with Crippen LogP contribution in [-0.2, 0) is 11.3 Å². The van der Waals surface area contributed by atoms with Crippen molar-refractivity contribution in [2.24, 2.45) is 5.92 Å². The third-order valence-electron chi connectivity index (χ3n) is 3.75. The first-order valence-corrected chi connectivity index (χ1v) is 7.25. The molecule has 1 saturated heterocycles. The average molecular weight is 358 g/mol. The molecular weight excluding hydrogens is 337 g/mol. The number of piperidine rings is 1. The minimum absolute atomic E-state index is 0. The zero-order chi connectivity index (χ0) is 14.5. The first-order valence-electron chi connectivity index (χ1n) is 7.25. The van der Waals surface area contributed by atoms with Gasteiger partial charge in [-0.3, -0.25) is 4.79 Å². The Labute approximate surface area is 147 Å². The SMILES string of the molecule is Cl.Cl.O=C(NCc1ccc(-n2cncn2)cc1)C1CCCNC1. The molecule has 126 valence electrons. The molecule has 0 radical (unpaired) electrons. The fraction of sp³-hybridized carbons (Fsp3) is 0.400. The van der Waals surface area contributed by atoms with Gasteiger partial charge in [0.25, 0.3) is 0 Å². The van der Waals surface area contributed by atoms with Gasteiger partial charge in [-0.2, -0.15) is 5.10 Å². The van der Waals surface area contributed by atoms with Crippen molar-refractivity contribution in [1.82, 2.24) is 25.4 Å². The number of halogens is 2. The van der Waals surface area contributed by atoms with E-state index in [1.165, 1.54) is 6.33 Å². The lowest BCUT2D eigenvalue weighted by atomic mass is 9.99. The summed E-state index contributed by atoms with van der Waals surface area (Å²) >= 11 is 0. The Kier molecular flexibility index (Phi) is 8.02. The molecule has 1 amide bonds. The van der Waals surface area contributed by atoms with E-state index in [-0.39, 0.29) is 36.6 Å². The number of carbonyl (C=O) groups excluding carboxylic acids is 1. The summed E-state index contributed by atoms with van der Waals surface area (Å²) in [4.78, 5) is 16.0. The Morgan fingerprint density at radius 2 is 2.09 bits per heavy atom. The van der Waals surface area contributed by atoms with E-state index in [2.05, 4.69) is 20.7 Å². The number of nitrogens with one attached hydrogen (secondary N) is 2. The minimum Gasteiger partial charge on any atom is -0.352 e. The predicted octanol–water partition coefficient (Wildman–Crippen LogP) is 1.73. The number of aromatic nitrogens is 3. The minimum atomic E-state index is 0. The van der Waals surface area contributed by atoms with Crippen LogP contribution in [0.5, 0.6) is 0 Å². The van der Waals surface area contributed by atoms with Crippen molar-refractivity contribution in [3.8, 4) is 5.69 Å². The van der Waals surface area contributed by atoms with Gasteiger partial charge >= 0.3 is 0 Å². The van der Waals surface area contributed by atoms with Crippen LogP contribution in [0.2, 0.25) is 0 Å². The molecule has 2 aromatic rings. The number of amides is 1. The summed E-state index contributed by atoms with van der Waals surface area (Å²) in [6.45, 7) is 2.37. The van der Waals surface area contributed by atoms with Crippen LogP contribution in [-0.4, -0.2) is 33.8 Å². The highest BCUT2D eigenvalue weighted by atomic mass is 35.5. The third kappa shape index (κ3) is 5.20. The van der Waals surface area contributed by atoms with Crippen LogP contribution in [0.1, 0.15) is 18.4 Å². The topological polar surface area (TPSA) is 71.8 Å². The number of rotatable bonds is 4. The summed E-state index contributed by atoms with van der Waals surface area (Å²) in [5.41, 5.74) is 2.04. The Balaban J connectivity index is 0.00000132. The smallest absolute Gasteiger partial charge is 0.224 e. The van der Waals surface area contributed by atoms with Gasteiger partial charge in [0.15, 0.2) is 0 Å². The Morgan fingerprint density at radius 1 is 1.30 bits per heavy atom. The highest BCUT2D eigenvalue weighted by molar-refractivity contribution is 5.85. The maximum atomic E-state index is 12.1. The molecule has 0 spiro atoms. The molecular formula is C15H21Cl2N5O. The summed E-state index contributed by atoms with van der Waals surface area (Å²) in [5.74, 6) is 0.246. The third-order valence-corrected chi connectivity index (χ3v) is 3.75. The van der Waals surface area contributed by atoms with E-state index in [0.717, 1.165) is 37.2 Å². The maximum absolute atomic E-state index is 12.1. The summed E-state index contributed by atoms with van der Waals surface area (Å²) < 4.78 is 1.70. The molecule has 3 rings (SSSR count). The lowest BCUT2D eigenvalue weighted by molar-refractivity contribution is -0.125. The number of carbonyl (C=O) groups is 1. The normalized spacial score (nSPS) is 16.8. The summed E-state index contributed by atoms with van der Waals surface area (Å²) in [7, 11) is 0. The van der Waals surface area contributed by atoms with Crippen molar-refractivity contribution >= 4 is 30.7 Å². The predicted molar refractivity (Wildman–Crippen MR) is 93.3 cm³/mol. The largest absolute Gasteiger partial charge is 0.352 e. The first kappa shape index (κ1) is 19.4. The Hall–Kier alpha value is -1.63. The van der Waals surface area contributed by atoms with Crippen LogP contribution in [0.3, 0.4) is 0 Å². The van der Waals surface area contributed by atoms with Gasteiger partial charge in [0.05, 0.1) is 11.6 Å². The van der Waals surface area contributed by atoms with Gasteiger partial charge in [-0.25, -0.2) is 9.67 Å². The fourth-order valence-corrected chi connectivity index (χ4v) is 2.52. The zero-order valence-electron chi connectivity index (χ0n) is 12.6. The molecule has 1 fully saturated rings. The molecule has 1 aliphatic rings. The van der Waals surface area contributed by atoms with Crippen molar-refractivity contribution in [1.29, 1.82) is 0 Å². The molecule has 2 heterocycles. The number of nitrogens with zero attached hydrogens (tertiary/aromatic N) is 3. The second kappa shape index (κ2) is 9.50. The molecule has 23 heavy (non-hydrogen) atoms. The van der Waals surface area contributed by atoms with Gasteiger partial charge in [-0.05, 0) is 37.1 Å². The lowest BCUT2D eigenvalue weighted by Crippen LogP contribution is -2.40.